The topological polar surface area (TPSA) is 46.5 Å². The molecule has 0 heterocycles. The van der Waals surface area contributed by atoms with Crippen molar-refractivity contribution in [2.45, 2.75) is 33.1 Å². The molecule has 1 N–H and O–H groups in total. The van der Waals surface area contributed by atoms with Crippen molar-refractivity contribution < 1.29 is 14.6 Å². The minimum absolute atomic E-state index is 0.311. The molecular weight excluding hydrogens is 312 g/mol. The summed E-state index contributed by atoms with van der Waals surface area (Å²) in [5, 5.41) is 9.73. The van der Waals surface area contributed by atoms with Crippen LogP contribution in [0.25, 0.3) is 11.1 Å². The Kier molecular flexibility index (Phi) is 6.05. The summed E-state index contributed by atoms with van der Waals surface area (Å²) in [5.74, 6) is -0.230. The highest BCUT2D eigenvalue weighted by atomic mass is 35.5. The largest absolute Gasteiger partial charge is 0.492 e. The highest BCUT2D eigenvalue weighted by molar-refractivity contribution is 6.32. The van der Waals surface area contributed by atoms with Crippen LogP contribution in [0.3, 0.4) is 0 Å². The maximum atomic E-state index is 11.2. The fourth-order valence-corrected chi connectivity index (χ4v) is 2.72. The van der Waals surface area contributed by atoms with Crippen LogP contribution in [-0.2, 0) is 6.42 Å². The molecule has 0 aliphatic heterocycles. The number of hydrogen-bond acceptors (Lipinski definition) is 2. The summed E-state index contributed by atoms with van der Waals surface area (Å²) < 4.78 is 5.60. The maximum Gasteiger partial charge on any atom is 0.335 e. The van der Waals surface area contributed by atoms with Gasteiger partial charge in [0.2, 0.25) is 0 Å². The van der Waals surface area contributed by atoms with Gasteiger partial charge in [0.15, 0.2) is 0 Å². The molecule has 0 saturated carbocycles. The van der Waals surface area contributed by atoms with Crippen molar-refractivity contribution in [1.29, 1.82) is 0 Å². The second kappa shape index (κ2) is 8.02. The third-order valence-corrected chi connectivity index (χ3v) is 3.87. The van der Waals surface area contributed by atoms with Gasteiger partial charge in [0.25, 0.3) is 0 Å². The Balaban J connectivity index is 2.40. The van der Waals surface area contributed by atoms with Gasteiger partial charge in [-0.3, -0.25) is 0 Å². The van der Waals surface area contributed by atoms with Crippen LogP contribution in [0.1, 0.15) is 42.6 Å². The molecule has 2 aromatic rings. The molecule has 0 amide bonds. The van der Waals surface area contributed by atoms with Gasteiger partial charge in [-0.25, -0.2) is 4.79 Å². The Morgan fingerprint density at radius 2 is 1.91 bits per heavy atom. The van der Waals surface area contributed by atoms with Crippen molar-refractivity contribution in [1.82, 2.24) is 0 Å². The predicted molar refractivity (Wildman–Crippen MR) is 93.6 cm³/mol. The fourth-order valence-electron chi connectivity index (χ4n) is 2.48. The van der Waals surface area contributed by atoms with E-state index in [9.17, 15) is 4.79 Å². The minimum Gasteiger partial charge on any atom is -0.492 e. The lowest BCUT2D eigenvalue weighted by atomic mass is 9.95. The molecule has 0 aliphatic rings. The summed E-state index contributed by atoms with van der Waals surface area (Å²) in [5.41, 5.74) is 3.32. The highest BCUT2D eigenvalue weighted by Crippen LogP contribution is 2.33. The van der Waals surface area contributed by atoms with Crippen molar-refractivity contribution in [3.63, 3.8) is 0 Å². The van der Waals surface area contributed by atoms with Crippen molar-refractivity contribution >= 4 is 17.6 Å². The zero-order valence-electron chi connectivity index (χ0n) is 13.4. The van der Waals surface area contributed by atoms with E-state index in [0.29, 0.717) is 22.9 Å². The van der Waals surface area contributed by atoms with Crippen LogP contribution in [-0.4, -0.2) is 17.7 Å². The first-order chi connectivity index (χ1) is 11.1. The summed E-state index contributed by atoms with van der Waals surface area (Å²) in [6.07, 6.45) is 2.69. The first-order valence-corrected chi connectivity index (χ1v) is 8.23. The second-order valence-electron chi connectivity index (χ2n) is 5.42. The lowest BCUT2D eigenvalue weighted by Gasteiger charge is -2.13. The summed E-state index contributed by atoms with van der Waals surface area (Å²) in [4.78, 5) is 11.2. The van der Waals surface area contributed by atoms with Crippen LogP contribution in [0.15, 0.2) is 36.4 Å². The number of ether oxygens (including phenoxy) is 1. The third-order valence-electron chi connectivity index (χ3n) is 3.58. The summed E-state index contributed by atoms with van der Waals surface area (Å²) in [6, 6.07) is 10.9. The zero-order chi connectivity index (χ0) is 16.8. The number of hydrogen-bond donors (Lipinski definition) is 1. The monoisotopic (exact) mass is 332 g/mol. The molecule has 0 saturated heterocycles. The summed E-state index contributed by atoms with van der Waals surface area (Å²) in [7, 11) is 0. The molecule has 0 unspecified atom stereocenters. The Morgan fingerprint density at radius 1 is 1.13 bits per heavy atom. The summed E-state index contributed by atoms with van der Waals surface area (Å²) in [6.45, 7) is 4.75. The Bertz CT molecular complexity index is 695. The number of halogens is 1. The standard InChI is InChI=1S/C19H21ClO3/c1-3-5-13-11-15(19(21)22)6-8-16(13)14-7-9-18(17(20)12-14)23-10-4-2/h6-9,11-12H,3-5,10H2,1-2H3,(H,21,22). The van der Waals surface area contributed by atoms with Crippen LogP contribution in [0.2, 0.25) is 5.02 Å². The van der Waals surface area contributed by atoms with Gasteiger partial charge in [0.05, 0.1) is 17.2 Å². The van der Waals surface area contributed by atoms with Gasteiger partial charge in [-0.2, -0.15) is 0 Å². The second-order valence-corrected chi connectivity index (χ2v) is 5.83. The van der Waals surface area contributed by atoms with Crippen molar-refractivity contribution in [3.05, 3.63) is 52.5 Å². The molecule has 4 heteroatoms. The number of rotatable bonds is 7. The first kappa shape index (κ1) is 17.4. The van der Waals surface area contributed by atoms with E-state index >= 15 is 0 Å². The molecule has 0 radical (unpaired) electrons. The Hall–Kier alpha value is -2.00. The van der Waals surface area contributed by atoms with Crippen LogP contribution < -0.4 is 4.74 Å². The fraction of sp³-hybridized carbons (Fsp3) is 0.316. The van der Waals surface area contributed by atoms with Crippen molar-refractivity contribution in [2.24, 2.45) is 0 Å². The smallest absolute Gasteiger partial charge is 0.335 e. The Labute approximate surface area is 141 Å². The molecule has 3 nitrogen and oxygen atoms in total. The maximum absolute atomic E-state index is 11.2. The average molecular weight is 333 g/mol. The molecule has 23 heavy (non-hydrogen) atoms. The molecule has 2 aromatic carbocycles. The average Bonchev–Trinajstić information content (AvgIpc) is 2.54. The lowest BCUT2D eigenvalue weighted by Crippen LogP contribution is -2.00. The van der Waals surface area contributed by atoms with Crippen molar-refractivity contribution in [3.8, 4) is 16.9 Å². The zero-order valence-corrected chi connectivity index (χ0v) is 14.2. The van der Waals surface area contributed by atoms with Gasteiger partial charge in [-0.1, -0.05) is 44.0 Å². The van der Waals surface area contributed by atoms with E-state index in [4.69, 9.17) is 21.4 Å². The molecule has 0 fully saturated rings. The van der Waals surface area contributed by atoms with Gasteiger partial charge in [0.1, 0.15) is 5.75 Å². The molecule has 122 valence electrons. The van der Waals surface area contributed by atoms with Gasteiger partial charge < -0.3 is 9.84 Å². The van der Waals surface area contributed by atoms with E-state index in [0.717, 1.165) is 36.0 Å². The molecule has 0 bridgehead atoms. The quantitative estimate of drug-likeness (QED) is 0.733. The van der Waals surface area contributed by atoms with Crippen LogP contribution in [0.4, 0.5) is 0 Å². The SMILES string of the molecule is CCCOc1ccc(-c2ccc(C(=O)O)cc2CCC)cc1Cl. The van der Waals surface area contributed by atoms with Gasteiger partial charge in [0, 0.05) is 0 Å². The van der Waals surface area contributed by atoms with Crippen molar-refractivity contribution in [2.75, 3.05) is 6.61 Å². The van der Waals surface area contributed by atoms with Crippen LogP contribution in [0, 0.1) is 0 Å². The molecule has 0 spiro atoms. The normalized spacial score (nSPS) is 10.6. The number of carbonyl (C=O) groups is 1. The van der Waals surface area contributed by atoms with E-state index in [1.807, 2.05) is 31.2 Å². The number of aryl methyl sites for hydroxylation is 1. The van der Waals surface area contributed by atoms with E-state index in [-0.39, 0.29) is 0 Å². The number of benzene rings is 2. The van der Waals surface area contributed by atoms with Crippen LogP contribution >= 0.6 is 11.6 Å². The van der Waals surface area contributed by atoms with E-state index in [2.05, 4.69) is 6.92 Å². The molecular formula is C19H21ClO3. The van der Waals surface area contributed by atoms with E-state index < -0.39 is 5.97 Å². The number of aromatic carboxylic acids is 1. The van der Waals surface area contributed by atoms with Crippen LogP contribution in [0.5, 0.6) is 5.75 Å². The van der Waals surface area contributed by atoms with Gasteiger partial charge >= 0.3 is 5.97 Å². The van der Waals surface area contributed by atoms with Gasteiger partial charge in [-0.05, 0) is 53.8 Å². The minimum atomic E-state index is -0.907. The number of carboxylic acids is 1. The molecule has 2 rings (SSSR count). The Morgan fingerprint density at radius 3 is 2.52 bits per heavy atom. The molecule has 0 aromatic heterocycles. The van der Waals surface area contributed by atoms with E-state index in [1.54, 1.807) is 12.1 Å². The molecule has 0 atom stereocenters. The third kappa shape index (κ3) is 4.26. The highest BCUT2D eigenvalue weighted by Gasteiger charge is 2.11. The van der Waals surface area contributed by atoms with E-state index in [1.165, 1.54) is 0 Å². The predicted octanol–water partition coefficient (Wildman–Crippen LogP) is 5.45. The summed E-state index contributed by atoms with van der Waals surface area (Å²) >= 11 is 6.31. The molecule has 0 aliphatic carbocycles. The lowest BCUT2D eigenvalue weighted by molar-refractivity contribution is 0.0697. The number of carboxylic acid groups (broad SMARTS) is 1. The first-order valence-electron chi connectivity index (χ1n) is 7.85. The van der Waals surface area contributed by atoms with Gasteiger partial charge in [-0.15, -0.1) is 0 Å².